The maximum absolute atomic E-state index is 10.8. The molecule has 0 fully saturated rings. The van der Waals surface area contributed by atoms with E-state index in [9.17, 15) is 4.79 Å². The Hall–Kier alpha value is -1.71. The summed E-state index contributed by atoms with van der Waals surface area (Å²) in [7, 11) is 1.65. The monoisotopic (exact) mass is 352 g/mol. The van der Waals surface area contributed by atoms with Gasteiger partial charge >= 0.3 is 0 Å². The van der Waals surface area contributed by atoms with Crippen molar-refractivity contribution in [3.05, 3.63) is 51.5 Å². The first-order valence-corrected chi connectivity index (χ1v) is 8.05. The second kappa shape index (κ2) is 7.71. The molecule has 5 heteroatoms. The molecule has 0 aliphatic carbocycles. The van der Waals surface area contributed by atoms with Crippen molar-refractivity contribution in [1.29, 1.82) is 0 Å². The molecule has 0 aromatic heterocycles. The summed E-state index contributed by atoms with van der Waals surface area (Å²) in [5, 5.41) is 0.584. The largest absolute Gasteiger partial charge is 0.496 e. The molecule has 0 amide bonds. The first-order valence-electron chi connectivity index (χ1n) is 7.30. The summed E-state index contributed by atoms with van der Waals surface area (Å²) in [4.78, 5) is 10.8. The van der Waals surface area contributed by atoms with Gasteiger partial charge in [0.25, 0.3) is 0 Å². The van der Waals surface area contributed by atoms with Gasteiger partial charge in [-0.15, -0.1) is 0 Å². The third-order valence-corrected chi connectivity index (χ3v) is 4.28. The van der Waals surface area contributed by atoms with Crippen LogP contribution in [0.5, 0.6) is 17.2 Å². The number of carbonyl (C=O) groups is 1. The average Bonchev–Trinajstić information content (AvgIpc) is 2.56. The van der Waals surface area contributed by atoms with Gasteiger partial charge in [-0.3, -0.25) is 4.79 Å². The van der Waals surface area contributed by atoms with Crippen molar-refractivity contribution in [3.8, 4) is 17.2 Å². The topological polar surface area (TPSA) is 35.5 Å². The smallest absolute Gasteiger partial charge is 0.164 e. The molecule has 2 aromatic carbocycles. The number of benzene rings is 2. The normalized spacial score (nSPS) is 11.9. The highest BCUT2D eigenvalue weighted by molar-refractivity contribution is 6.37. The summed E-state index contributed by atoms with van der Waals surface area (Å²) in [5.74, 6) is 2.10. The van der Waals surface area contributed by atoms with Crippen LogP contribution in [0.15, 0.2) is 30.3 Å². The fourth-order valence-corrected chi connectivity index (χ4v) is 2.82. The van der Waals surface area contributed by atoms with Crippen LogP contribution in [0.1, 0.15) is 42.1 Å². The van der Waals surface area contributed by atoms with Crippen molar-refractivity contribution >= 4 is 29.5 Å². The predicted octanol–water partition coefficient (Wildman–Crippen LogP) is 6.12. The van der Waals surface area contributed by atoms with Gasteiger partial charge in [0.1, 0.15) is 17.8 Å². The molecule has 0 saturated carbocycles. The van der Waals surface area contributed by atoms with Gasteiger partial charge in [-0.2, -0.15) is 0 Å². The van der Waals surface area contributed by atoms with Gasteiger partial charge in [0.2, 0.25) is 0 Å². The van der Waals surface area contributed by atoms with E-state index in [1.807, 2.05) is 12.1 Å². The first-order chi connectivity index (χ1) is 11.0. The molecular weight excluding hydrogens is 335 g/mol. The molecule has 122 valence electrons. The highest BCUT2D eigenvalue weighted by Gasteiger charge is 2.14. The van der Waals surface area contributed by atoms with Gasteiger partial charge in [-0.1, -0.05) is 37.0 Å². The molecule has 0 N–H and O–H groups in total. The number of hydrogen-bond acceptors (Lipinski definition) is 3. The van der Waals surface area contributed by atoms with E-state index in [1.54, 1.807) is 13.2 Å². The van der Waals surface area contributed by atoms with Crippen LogP contribution in [0.2, 0.25) is 10.0 Å². The highest BCUT2D eigenvalue weighted by atomic mass is 35.5. The van der Waals surface area contributed by atoms with Gasteiger partial charge in [0.05, 0.1) is 17.2 Å². The van der Waals surface area contributed by atoms with E-state index in [2.05, 4.69) is 13.8 Å². The van der Waals surface area contributed by atoms with Crippen molar-refractivity contribution in [2.24, 2.45) is 0 Å². The molecule has 0 radical (unpaired) electrons. The van der Waals surface area contributed by atoms with Crippen LogP contribution in [0, 0.1) is 0 Å². The van der Waals surface area contributed by atoms with E-state index in [1.165, 1.54) is 12.1 Å². The summed E-state index contributed by atoms with van der Waals surface area (Å²) in [6, 6.07) is 8.63. The summed E-state index contributed by atoms with van der Waals surface area (Å²) in [6.07, 6.45) is 1.67. The molecule has 0 aliphatic rings. The molecule has 23 heavy (non-hydrogen) atoms. The summed E-state index contributed by atoms with van der Waals surface area (Å²) in [6.45, 7) is 4.24. The zero-order chi connectivity index (χ0) is 17.0. The van der Waals surface area contributed by atoms with Gasteiger partial charge in [-0.05, 0) is 42.7 Å². The Bertz CT molecular complexity index is 690. The molecule has 3 nitrogen and oxygen atoms in total. The first kappa shape index (κ1) is 17.6. The van der Waals surface area contributed by atoms with Crippen LogP contribution >= 0.6 is 23.2 Å². The lowest BCUT2D eigenvalue weighted by atomic mass is 9.97. The number of hydrogen-bond donors (Lipinski definition) is 0. The molecule has 0 spiro atoms. The third-order valence-electron chi connectivity index (χ3n) is 3.72. The molecule has 0 saturated heterocycles. The van der Waals surface area contributed by atoms with Crippen LogP contribution in [0.4, 0.5) is 0 Å². The van der Waals surface area contributed by atoms with Crippen LogP contribution < -0.4 is 9.47 Å². The van der Waals surface area contributed by atoms with Crippen molar-refractivity contribution in [2.45, 2.75) is 26.2 Å². The standard InChI is InChI=1S/C18H18Cl2O3/c1-4-11(2)14-9-13(5-6-17(14)22-3)23-18-15(19)7-12(10-21)8-16(18)20/h5-11H,4H2,1-3H3. The van der Waals surface area contributed by atoms with Crippen molar-refractivity contribution < 1.29 is 14.3 Å². The molecule has 1 atom stereocenters. The number of rotatable bonds is 6. The number of methoxy groups -OCH3 is 1. The number of carbonyl (C=O) groups excluding carboxylic acids is 1. The summed E-state index contributed by atoms with van der Waals surface area (Å²) < 4.78 is 11.2. The fraction of sp³-hybridized carbons (Fsp3) is 0.278. The minimum atomic E-state index is 0.292. The van der Waals surface area contributed by atoms with Crippen molar-refractivity contribution in [3.63, 3.8) is 0 Å². The second-order valence-electron chi connectivity index (χ2n) is 5.25. The second-order valence-corrected chi connectivity index (χ2v) is 6.06. The van der Waals surface area contributed by atoms with Crippen molar-refractivity contribution in [2.75, 3.05) is 7.11 Å². The molecular formula is C18H18Cl2O3. The third kappa shape index (κ3) is 3.98. The zero-order valence-corrected chi connectivity index (χ0v) is 14.7. The lowest BCUT2D eigenvalue weighted by Gasteiger charge is -2.16. The van der Waals surface area contributed by atoms with Gasteiger partial charge in [0.15, 0.2) is 5.75 Å². The summed E-state index contributed by atoms with van der Waals surface area (Å²) >= 11 is 12.3. The van der Waals surface area contributed by atoms with Crippen LogP contribution in [-0.4, -0.2) is 13.4 Å². The number of ether oxygens (including phenoxy) is 2. The molecule has 1 unspecified atom stereocenters. The predicted molar refractivity (Wildman–Crippen MR) is 93.6 cm³/mol. The van der Waals surface area contributed by atoms with Crippen LogP contribution in [-0.2, 0) is 0 Å². The zero-order valence-electron chi connectivity index (χ0n) is 13.2. The van der Waals surface area contributed by atoms with E-state index in [-0.39, 0.29) is 0 Å². The van der Waals surface area contributed by atoms with Crippen LogP contribution in [0.3, 0.4) is 0 Å². The van der Waals surface area contributed by atoms with Gasteiger partial charge in [-0.25, -0.2) is 0 Å². The van der Waals surface area contributed by atoms with E-state index in [4.69, 9.17) is 32.7 Å². The van der Waals surface area contributed by atoms with E-state index >= 15 is 0 Å². The quantitative estimate of drug-likeness (QED) is 0.587. The van der Waals surface area contributed by atoms with Gasteiger partial charge in [0, 0.05) is 11.1 Å². The Morgan fingerprint density at radius 1 is 1.17 bits per heavy atom. The van der Waals surface area contributed by atoms with Crippen molar-refractivity contribution in [1.82, 2.24) is 0 Å². The Morgan fingerprint density at radius 2 is 1.83 bits per heavy atom. The van der Waals surface area contributed by atoms with E-state index in [0.717, 1.165) is 17.7 Å². The average molecular weight is 353 g/mol. The Labute approximate surface area is 146 Å². The van der Waals surface area contributed by atoms with E-state index in [0.29, 0.717) is 39.3 Å². The maximum Gasteiger partial charge on any atom is 0.164 e. The van der Waals surface area contributed by atoms with Crippen LogP contribution in [0.25, 0.3) is 0 Å². The van der Waals surface area contributed by atoms with Gasteiger partial charge < -0.3 is 9.47 Å². The Kier molecular flexibility index (Phi) is 5.91. The number of aldehydes is 1. The number of halogens is 2. The molecule has 2 aromatic rings. The Balaban J connectivity index is 2.39. The lowest BCUT2D eigenvalue weighted by molar-refractivity contribution is 0.112. The highest BCUT2D eigenvalue weighted by Crippen LogP contribution is 2.39. The molecule has 0 bridgehead atoms. The SMILES string of the molecule is CCC(C)c1cc(Oc2c(Cl)cc(C=O)cc2Cl)ccc1OC. The maximum atomic E-state index is 10.8. The molecule has 2 rings (SSSR count). The Morgan fingerprint density at radius 3 is 2.35 bits per heavy atom. The minimum Gasteiger partial charge on any atom is -0.496 e. The molecule has 0 heterocycles. The summed E-state index contributed by atoms with van der Waals surface area (Å²) in [5.41, 5.74) is 1.46. The lowest BCUT2D eigenvalue weighted by Crippen LogP contribution is -1.98. The molecule has 0 aliphatic heterocycles. The van der Waals surface area contributed by atoms with E-state index < -0.39 is 0 Å². The minimum absolute atomic E-state index is 0.292. The fourth-order valence-electron chi connectivity index (χ4n) is 2.24.